The van der Waals surface area contributed by atoms with Crippen molar-refractivity contribution in [3.63, 3.8) is 0 Å². The fourth-order valence-electron chi connectivity index (χ4n) is 2.82. The zero-order valence-corrected chi connectivity index (χ0v) is 12.5. The van der Waals surface area contributed by atoms with Crippen LogP contribution >= 0.6 is 0 Å². The minimum Gasteiger partial charge on any atom is -0.370 e. The van der Waals surface area contributed by atoms with Crippen LogP contribution in [0.3, 0.4) is 0 Å². The van der Waals surface area contributed by atoms with E-state index in [0.29, 0.717) is 6.04 Å². The Labute approximate surface area is 117 Å². The van der Waals surface area contributed by atoms with E-state index in [-0.39, 0.29) is 0 Å². The summed E-state index contributed by atoms with van der Waals surface area (Å²) in [6.45, 7) is 6.49. The predicted molar refractivity (Wildman–Crippen MR) is 82.7 cm³/mol. The molecule has 1 heterocycles. The van der Waals surface area contributed by atoms with E-state index >= 15 is 0 Å². The van der Waals surface area contributed by atoms with Crippen molar-refractivity contribution in [1.82, 2.24) is 10.2 Å². The Bertz CT molecular complexity index is 389. The van der Waals surface area contributed by atoms with Gasteiger partial charge in [0, 0.05) is 31.4 Å². The minimum atomic E-state index is 0.681. The van der Waals surface area contributed by atoms with Crippen molar-refractivity contribution in [3.8, 4) is 0 Å². The number of nitrogens with one attached hydrogen (secondary N) is 1. The van der Waals surface area contributed by atoms with Crippen LogP contribution in [0.1, 0.15) is 25.3 Å². The van der Waals surface area contributed by atoms with Crippen molar-refractivity contribution in [1.29, 1.82) is 0 Å². The number of para-hydroxylation sites is 1. The van der Waals surface area contributed by atoms with Crippen LogP contribution in [0, 0.1) is 0 Å². The average molecular weight is 261 g/mol. The highest BCUT2D eigenvalue weighted by atomic mass is 15.2. The molecule has 106 valence electrons. The van der Waals surface area contributed by atoms with E-state index in [4.69, 9.17) is 0 Å². The van der Waals surface area contributed by atoms with Gasteiger partial charge in [0.05, 0.1) is 0 Å². The van der Waals surface area contributed by atoms with Gasteiger partial charge in [0.25, 0.3) is 0 Å². The van der Waals surface area contributed by atoms with Crippen molar-refractivity contribution in [3.05, 3.63) is 29.8 Å². The molecule has 1 aliphatic heterocycles. The van der Waals surface area contributed by atoms with Crippen LogP contribution in [-0.2, 0) is 6.54 Å². The smallest absolute Gasteiger partial charge is 0.0412 e. The van der Waals surface area contributed by atoms with Gasteiger partial charge in [-0.05, 0) is 45.1 Å². The van der Waals surface area contributed by atoms with Crippen molar-refractivity contribution in [2.45, 2.75) is 32.4 Å². The quantitative estimate of drug-likeness (QED) is 0.877. The molecule has 1 aromatic carbocycles. The van der Waals surface area contributed by atoms with E-state index in [1.165, 1.54) is 30.6 Å². The van der Waals surface area contributed by atoms with Gasteiger partial charge in [-0.15, -0.1) is 0 Å². The summed E-state index contributed by atoms with van der Waals surface area (Å²) in [5, 5.41) is 3.44. The lowest BCUT2D eigenvalue weighted by Gasteiger charge is -2.38. The molecule has 1 aliphatic rings. The molecule has 0 saturated carbocycles. The number of piperidine rings is 1. The number of hydrogen-bond donors (Lipinski definition) is 1. The molecule has 0 amide bonds. The monoisotopic (exact) mass is 261 g/mol. The highest BCUT2D eigenvalue weighted by Gasteiger charge is 2.22. The van der Waals surface area contributed by atoms with Crippen LogP contribution in [0.4, 0.5) is 5.69 Å². The molecule has 0 radical (unpaired) electrons. The first-order valence-corrected chi connectivity index (χ1v) is 7.42. The third-order valence-corrected chi connectivity index (χ3v) is 4.02. The van der Waals surface area contributed by atoms with Crippen molar-refractivity contribution < 1.29 is 0 Å². The van der Waals surface area contributed by atoms with Crippen LogP contribution in [-0.4, -0.2) is 44.7 Å². The Morgan fingerprint density at radius 2 is 2.11 bits per heavy atom. The summed E-state index contributed by atoms with van der Waals surface area (Å²) in [6, 6.07) is 9.50. The SMILES string of the molecule is CCNCc1ccccc1N1CCCC(N(C)C)C1. The lowest BCUT2D eigenvalue weighted by molar-refractivity contribution is 0.258. The molecule has 1 fully saturated rings. The van der Waals surface area contributed by atoms with Crippen LogP contribution in [0.25, 0.3) is 0 Å². The molecule has 3 nitrogen and oxygen atoms in total. The number of likely N-dealkylation sites (N-methyl/N-ethyl adjacent to an activating group) is 1. The fraction of sp³-hybridized carbons (Fsp3) is 0.625. The summed E-state index contributed by atoms with van der Waals surface area (Å²) >= 11 is 0. The Hall–Kier alpha value is -1.06. The van der Waals surface area contributed by atoms with Gasteiger partial charge in [-0.2, -0.15) is 0 Å². The molecule has 0 spiro atoms. The second kappa shape index (κ2) is 6.92. The zero-order chi connectivity index (χ0) is 13.7. The third kappa shape index (κ3) is 3.71. The third-order valence-electron chi connectivity index (χ3n) is 4.02. The van der Waals surface area contributed by atoms with Crippen LogP contribution in [0.2, 0.25) is 0 Å². The van der Waals surface area contributed by atoms with Crippen molar-refractivity contribution >= 4 is 5.69 Å². The summed E-state index contributed by atoms with van der Waals surface area (Å²) < 4.78 is 0. The Balaban J connectivity index is 2.11. The first-order chi connectivity index (χ1) is 9.22. The van der Waals surface area contributed by atoms with E-state index in [9.17, 15) is 0 Å². The van der Waals surface area contributed by atoms with E-state index in [0.717, 1.165) is 19.6 Å². The van der Waals surface area contributed by atoms with Crippen LogP contribution in [0.5, 0.6) is 0 Å². The highest BCUT2D eigenvalue weighted by molar-refractivity contribution is 5.54. The van der Waals surface area contributed by atoms with Gasteiger partial charge in [0.15, 0.2) is 0 Å². The maximum Gasteiger partial charge on any atom is 0.0412 e. The first-order valence-electron chi connectivity index (χ1n) is 7.42. The normalized spacial score (nSPS) is 20.0. The molecule has 2 rings (SSSR count). The van der Waals surface area contributed by atoms with Gasteiger partial charge in [-0.1, -0.05) is 25.1 Å². The molecule has 0 bridgehead atoms. The van der Waals surface area contributed by atoms with Gasteiger partial charge in [-0.25, -0.2) is 0 Å². The number of benzene rings is 1. The van der Waals surface area contributed by atoms with E-state index in [1.807, 2.05) is 0 Å². The van der Waals surface area contributed by atoms with Gasteiger partial charge in [0.2, 0.25) is 0 Å². The van der Waals surface area contributed by atoms with Crippen LogP contribution in [0.15, 0.2) is 24.3 Å². The topological polar surface area (TPSA) is 18.5 Å². The number of anilines is 1. The van der Waals surface area contributed by atoms with Crippen LogP contribution < -0.4 is 10.2 Å². The standard InChI is InChI=1S/C16H27N3/c1-4-17-12-14-8-5-6-10-16(14)19-11-7-9-15(13-19)18(2)3/h5-6,8,10,15,17H,4,7,9,11-13H2,1-3H3. The first kappa shape index (κ1) is 14.4. The molecule has 1 N–H and O–H groups in total. The summed E-state index contributed by atoms with van der Waals surface area (Å²) in [7, 11) is 4.39. The lowest BCUT2D eigenvalue weighted by Crippen LogP contribution is -2.45. The number of nitrogens with zero attached hydrogens (tertiary/aromatic N) is 2. The second-order valence-corrected chi connectivity index (χ2v) is 5.61. The fourth-order valence-corrected chi connectivity index (χ4v) is 2.82. The maximum absolute atomic E-state index is 3.44. The molecular formula is C16H27N3. The van der Waals surface area contributed by atoms with Gasteiger partial charge >= 0.3 is 0 Å². The molecule has 3 heteroatoms. The molecule has 19 heavy (non-hydrogen) atoms. The van der Waals surface area contributed by atoms with E-state index in [2.05, 4.69) is 60.4 Å². The Kier molecular flexibility index (Phi) is 5.23. The van der Waals surface area contributed by atoms with E-state index in [1.54, 1.807) is 0 Å². The average Bonchev–Trinajstić information content (AvgIpc) is 2.45. The molecule has 0 aromatic heterocycles. The van der Waals surface area contributed by atoms with Gasteiger partial charge in [0.1, 0.15) is 0 Å². The summed E-state index contributed by atoms with van der Waals surface area (Å²) in [5.74, 6) is 0. The predicted octanol–water partition coefficient (Wildman–Crippen LogP) is 2.33. The number of hydrogen-bond acceptors (Lipinski definition) is 3. The maximum atomic E-state index is 3.44. The molecule has 0 aliphatic carbocycles. The summed E-state index contributed by atoms with van der Waals surface area (Å²) in [4.78, 5) is 4.92. The van der Waals surface area contributed by atoms with Crippen molar-refractivity contribution in [2.24, 2.45) is 0 Å². The van der Waals surface area contributed by atoms with E-state index < -0.39 is 0 Å². The molecular weight excluding hydrogens is 234 g/mol. The molecule has 1 unspecified atom stereocenters. The zero-order valence-electron chi connectivity index (χ0n) is 12.5. The largest absolute Gasteiger partial charge is 0.370 e. The number of rotatable bonds is 5. The second-order valence-electron chi connectivity index (χ2n) is 5.61. The highest BCUT2D eigenvalue weighted by Crippen LogP contribution is 2.25. The Morgan fingerprint density at radius 1 is 1.32 bits per heavy atom. The molecule has 1 aromatic rings. The van der Waals surface area contributed by atoms with Gasteiger partial charge < -0.3 is 15.1 Å². The minimum absolute atomic E-state index is 0.681. The summed E-state index contributed by atoms with van der Waals surface area (Å²) in [6.07, 6.45) is 2.61. The Morgan fingerprint density at radius 3 is 2.84 bits per heavy atom. The molecule has 1 atom stereocenters. The van der Waals surface area contributed by atoms with Gasteiger partial charge in [-0.3, -0.25) is 0 Å². The molecule has 1 saturated heterocycles. The van der Waals surface area contributed by atoms with Crippen molar-refractivity contribution in [2.75, 3.05) is 38.6 Å². The summed E-state index contributed by atoms with van der Waals surface area (Å²) in [5.41, 5.74) is 2.83. The lowest BCUT2D eigenvalue weighted by atomic mass is 10.0.